The molecule has 1 heterocycles. The van der Waals surface area contributed by atoms with Crippen LogP contribution in [-0.2, 0) is 9.59 Å². The van der Waals surface area contributed by atoms with E-state index in [9.17, 15) is 9.59 Å². The summed E-state index contributed by atoms with van der Waals surface area (Å²) in [4.78, 5) is 26.0. The van der Waals surface area contributed by atoms with Crippen molar-refractivity contribution in [1.82, 2.24) is 0 Å². The highest BCUT2D eigenvalue weighted by Crippen LogP contribution is 2.31. The van der Waals surface area contributed by atoms with Gasteiger partial charge in [0.2, 0.25) is 0 Å². The third-order valence-corrected chi connectivity index (χ3v) is 4.78. The van der Waals surface area contributed by atoms with Crippen molar-refractivity contribution < 1.29 is 19.1 Å². The lowest BCUT2D eigenvalue weighted by molar-refractivity contribution is -0.134. The van der Waals surface area contributed by atoms with Gasteiger partial charge in [0, 0.05) is 6.54 Å². The molecule has 0 fully saturated rings. The minimum atomic E-state index is -0.419. The van der Waals surface area contributed by atoms with Crippen LogP contribution in [0.1, 0.15) is 12.0 Å². The van der Waals surface area contributed by atoms with Gasteiger partial charge in [-0.15, -0.1) is 0 Å². The minimum Gasteiger partial charge on any atom is -0.482 e. The van der Waals surface area contributed by atoms with Crippen LogP contribution in [0.15, 0.2) is 72.8 Å². The van der Waals surface area contributed by atoms with E-state index in [4.69, 9.17) is 14.7 Å². The van der Waals surface area contributed by atoms with Crippen LogP contribution in [0.3, 0.4) is 0 Å². The van der Waals surface area contributed by atoms with Crippen LogP contribution in [-0.4, -0.2) is 25.0 Å². The Morgan fingerprint density at radius 1 is 1.00 bits per heavy atom. The predicted octanol–water partition coefficient (Wildman–Crippen LogP) is 3.95. The van der Waals surface area contributed by atoms with Gasteiger partial charge < -0.3 is 14.4 Å². The molecule has 0 radical (unpaired) electrons. The summed E-state index contributed by atoms with van der Waals surface area (Å²) in [6.07, 6.45) is 0.0669. The van der Waals surface area contributed by atoms with Gasteiger partial charge >= 0.3 is 5.97 Å². The second-order valence-corrected chi connectivity index (χ2v) is 6.74. The normalized spacial score (nSPS) is 12.5. The molecule has 0 N–H and O–H groups in total. The second kappa shape index (κ2) is 8.50. The van der Waals surface area contributed by atoms with Crippen LogP contribution < -0.4 is 14.4 Å². The van der Waals surface area contributed by atoms with Crippen LogP contribution in [0.5, 0.6) is 11.5 Å². The highest BCUT2D eigenvalue weighted by Gasteiger charge is 2.25. The maximum atomic E-state index is 12.3. The third-order valence-electron chi connectivity index (χ3n) is 4.78. The fraction of sp³-hybridized carbons (Fsp3) is 0.125. The molecule has 148 valence electrons. The van der Waals surface area contributed by atoms with Crippen LogP contribution in [0.25, 0.3) is 11.1 Å². The Morgan fingerprint density at radius 2 is 1.67 bits per heavy atom. The monoisotopic (exact) mass is 398 g/mol. The average Bonchev–Trinajstić information content (AvgIpc) is 2.79. The second-order valence-electron chi connectivity index (χ2n) is 6.74. The van der Waals surface area contributed by atoms with Gasteiger partial charge in [0.1, 0.15) is 11.5 Å². The van der Waals surface area contributed by atoms with E-state index in [0.29, 0.717) is 22.7 Å². The van der Waals surface area contributed by atoms with Crippen molar-refractivity contribution in [2.24, 2.45) is 0 Å². The first-order valence-electron chi connectivity index (χ1n) is 9.47. The molecule has 0 saturated carbocycles. The number of rotatable bonds is 5. The minimum absolute atomic E-state index is 0.0388. The molecule has 30 heavy (non-hydrogen) atoms. The van der Waals surface area contributed by atoms with E-state index in [1.54, 1.807) is 41.3 Å². The number of amides is 1. The average molecular weight is 398 g/mol. The summed E-state index contributed by atoms with van der Waals surface area (Å²) >= 11 is 0. The first kappa shape index (κ1) is 19.2. The Kier molecular flexibility index (Phi) is 5.44. The number of nitriles is 1. The number of esters is 1. The molecule has 0 aliphatic carbocycles. The third kappa shape index (κ3) is 4.15. The van der Waals surface area contributed by atoms with Crippen LogP contribution in [0.2, 0.25) is 0 Å². The molecular formula is C24H18N2O4. The summed E-state index contributed by atoms with van der Waals surface area (Å²) in [6.45, 7) is 0.185. The number of fused-ring (bicyclic) bond motifs is 1. The van der Waals surface area contributed by atoms with Gasteiger partial charge in [0.05, 0.1) is 23.7 Å². The topological polar surface area (TPSA) is 79.6 Å². The number of anilines is 1. The number of nitrogens with zero attached hydrogens (tertiary/aromatic N) is 2. The van der Waals surface area contributed by atoms with Crippen molar-refractivity contribution in [3.8, 4) is 28.7 Å². The summed E-state index contributed by atoms with van der Waals surface area (Å²) in [5.41, 5.74) is 3.19. The van der Waals surface area contributed by atoms with Gasteiger partial charge in [-0.3, -0.25) is 9.59 Å². The molecule has 6 nitrogen and oxygen atoms in total. The van der Waals surface area contributed by atoms with Crippen molar-refractivity contribution in [2.75, 3.05) is 18.1 Å². The number of ether oxygens (including phenoxy) is 2. The van der Waals surface area contributed by atoms with Gasteiger partial charge in [-0.25, -0.2) is 0 Å². The van der Waals surface area contributed by atoms with Gasteiger partial charge in [-0.05, 0) is 47.5 Å². The Bertz CT molecular complexity index is 1120. The molecule has 3 aromatic carbocycles. The molecule has 3 aromatic rings. The smallest absolute Gasteiger partial charge is 0.312 e. The Morgan fingerprint density at radius 3 is 2.37 bits per heavy atom. The molecule has 0 atom stereocenters. The molecule has 0 aromatic heterocycles. The van der Waals surface area contributed by atoms with E-state index in [-0.39, 0.29) is 25.5 Å². The van der Waals surface area contributed by atoms with Crippen molar-refractivity contribution in [3.63, 3.8) is 0 Å². The van der Waals surface area contributed by atoms with Gasteiger partial charge in [0.25, 0.3) is 5.91 Å². The molecule has 6 heteroatoms. The largest absolute Gasteiger partial charge is 0.482 e. The first-order chi connectivity index (χ1) is 14.6. The Hall–Kier alpha value is -4.11. The standard InChI is InChI=1S/C24H18N2O4/c25-15-17-5-7-18(8-6-17)19-9-11-20(12-10-19)30-24(28)13-14-26-21-3-1-2-4-22(21)29-16-23(26)27/h1-12H,13-14,16H2. The van der Waals surface area contributed by atoms with Crippen molar-refractivity contribution in [3.05, 3.63) is 78.4 Å². The number of para-hydroxylation sites is 2. The zero-order valence-corrected chi connectivity index (χ0v) is 16.1. The fourth-order valence-corrected chi connectivity index (χ4v) is 3.24. The van der Waals surface area contributed by atoms with Crippen molar-refractivity contribution in [1.29, 1.82) is 5.26 Å². The summed E-state index contributed by atoms with van der Waals surface area (Å²) in [5, 5.41) is 8.88. The molecule has 0 saturated heterocycles. The molecule has 0 bridgehead atoms. The van der Waals surface area contributed by atoms with Gasteiger partial charge in [-0.1, -0.05) is 36.4 Å². The van der Waals surface area contributed by atoms with E-state index in [2.05, 4.69) is 6.07 Å². The van der Waals surface area contributed by atoms with Crippen LogP contribution >= 0.6 is 0 Å². The molecule has 0 unspecified atom stereocenters. The predicted molar refractivity (Wildman–Crippen MR) is 111 cm³/mol. The highest BCUT2D eigenvalue weighted by molar-refractivity contribution is 5.98. The Labute approximate surface area is 173 Å². The zero-order chi connectivity index (χ0) is 20.9. The fourth-order valence-electron chi connectivity index (χ4n) is 3.24. The zero-order valence-electron chi connectivity index (χ0n) is 16.1. The lowest BCUT2D eigenvalue weighted by Gasteiger charge is -2.28. The Balaban J connectivity index is 1.36. The van der Waals surface area contributed by atoms with Gasteiger partial charge in [0.15, 0.2) is 6.61 Å². The molecule has 4 rings (SSSR count). The number of carbonyl (C=O) groups is 2. The van der Waals surface area contributed by atoms with Crippen molar-refractivity contribution >= 4 is 17.6 Å². The molecule has 1 aliphatic heterocycles. The van der Waals surface area contributed by atoms with E-state index in [1.807, 2.05) is 36.4 Å². The number of carbonyl (C=O) groups excluding carboxylic acids is 2. The molecule has 0 spiro atoms. The summed E-state index contributed by atoms with van der Waals surface area (Å²) in [7, 11) is 0. The summed E-state index contributed by atoms with van der Waals surface area (Å²) in [6, 6.07) is 23.7. The maximum absolute atomic E-state index is 12.3. The van der Waals surface area contributed by atoms with E-state index in [1.165, 1.54) is 0 Å². The van der Waals surface area contributed by atoms with Crippen LogP contribution in [0, 0.1) is 11.3 Å². The summed E-state index contributed by atoms with van der Waals surface area (Å²) in [5.74, 6) is 0.459. The quantitative estimate of drug-likeness (QED) is 0.480. The molecule has 1 aliphatic rings. The maximum Gasteiger partial charge on any atom is 0.312 e. The van der Waals surface area contributed by atoms with E-state index >= 15 is 0 Å². The first-order valence-corrected chi connectivity index (χ1v) is 9.47. The van der Waals surface area contributed by atoms with E-state index < -0.39 is 5.97 Å². The van der Waals surface area contributed by atoms with Crippen molar-refractivity contribution in [2.45, 2.75) is 6.42 Å². The summed E-state index contributed by atoms with van der Waals surface area (Å²) < 4.78 is 10.8. The lowest BCUT2D eigenvalue weighted by atomic mass is 10.0. The highest BCUT2D eigenvalue weighted by atomic mass is 16.5. The van der Waals surface area contributed by atoms with E-state index in [0.717, 1.165) is 11.1 Å². The van der Waals surface area contributed by atoms with Crippen LogP contribution in [0.4, 0.5) is 5.69 Å². The number of hydrogen-bond acceptors (Lipinski definition) is 5. The SMILES string of the molecule is N#Cc1ccc(-c2ccc(OC(=O)CCN3C(=O)COc4ccccc43)cc2)cc1. The number of hydrogen-bond donors (Lipinski definition) is 0. The number of benzene rings is 3. The molecule has 1 amide bonds. The lowest BCUT2D eigenvalue weighted by Crippen LogP contribution is -2.40. The van der Waals surface area contributed by atoms with Gasteiger partial charge in [-0.2, -0.15) is 5.26 Å². The molecular weight excluding hydrogens is 380 g/mol.